The minimum atomic E-state index is -1.48. The number of amides is 1. The van der Waals surface area contributed by atoms with E-state index in [1.807, 2.05) is 0 Å². The second-order valence-corrected chi connectivity index (χ2v) is 4.53. The Bertz CT molecular complexity index is 567. The van der Waals surface area contributed by atoms with Crippen LogP contribution < -0.4 is 5.32 Å². The number of methoxy groups -OCH3 is 1. The van der Waals surface area contributed by atoms with E-state index in [0.717, 1.165) is 6.07 Å². The molecule has 0 saturated heterocycles. The quantitative estimate of drug-likeness (QED) is 0.470. The summed E-state index contributed by atoms with van der Waals surface area (Å²) in [7, 11) is 1.54. The van der Waals surface area contributed by atoms with Gasteiger partial charge < -0.3 is 10.1 Å². The number of benzene rings is 1. The van der Waals surface area contributed by atoms with Crippen LogP contribution in [0.1, 0.15) is 22.3 Å². The first-order valence-corrected chi connectivity index (χ1v) is 6.48. The van der Waals surface area contributed by atoms with Gasteiger partial charge in [-0.2, -0.15) is 5.26 Å². The van der Waals surface area contributed by atoms with Gasteiger partial charge in [-0.3, -0.25) is 9.59 Å². The van der Waals surface area contributed by atoms with Gasteiger partial charge in [-0.15, -0.1) is 0 Å². The Hall–Kier alpha value is -2.26. The zero-order valence-corrected chi connectivity index (χ0v) is 12.0. The van der Waals surface area contributed by atoms with E-state index in [9.17, 15) is 14.0 Å². The molecule has 1 aromatic carbocycles. The summed E-state index contributed by atoms with van der Waals surface area (Å²) in [5, 5.41) is 11.5. The van der Waals surface area contributed by atoms with E-state index in [0.29, 0.717) is 25.1 Å². The maximum absolute atomic E-state index is 13.4. The number of hydrogen-bond donors (Lipinski definition) is 1. The standard InChI is InChI=1S/C15H17FN2O3/c1-10-4-5-11(8-13(10)16)14(19)12(9-17)15(20)18-6-3-7-21-2/h4-5,8,12H,3,6-7H2,1-2H3,(H,18,20)/t12-/m0/s1. The van der Waals surface area contributed by atoms with Crippen LogP contribution in [0.3, 0.4) is 0 Å². The van der Waals surface area contributed by atoms with Gasteiger partial charge in [0, 0.05) is 25.8 Å². The average Bonchev–Trinajstić information content (AvgIpc) is 2.47. The minimum Gasteiger partial charge on any atom is -0.385 e. The summed E-state index contributed by atoms with van der Waals surface area (Å²) in [5.74, 6) is -3.41. The van der Waals surface area contributed by atoms with Gasteiger partial charge in [0.25, 0.3) is 0 Å². The molecule has 1 amide bonds. The van der Waals surface area contributed by atoms with Crippen LogP contribution in [0.5, 0.6) is 0 Å². The molecule has 0 heterocycles. The van der Waals surface area contributed by atoms with Crippen LogP contribution >= 0.6 is 0 Å². The van der Waals surface area contributed by atoms with Gasteiger partial charge in [0.1, 0.15) is 5.82 Å². The lowest BCUT2D eigenvalue weighted by atomic mass is 9.97. The second-order valence-electron chi connectivity index (χ2n) is 4.53. The average molecular weight is 292 g/mol. The molecule has 0 spiro atoms. The van der Waals surface area contributed by atoms with Gasteiger partial charge in [0.2, 0.25) is 5.91 Å². The maximum atomic E-state index is 13.4. The predicted molar refractivity (Wildman–Crippen MR) is 74.1 cm³/mol. The van der Waals surface area contributed by atoms with Crippen molar-refractivity contribution in [3.63, 3.8) is 0 Å². The van der Waals surface area contributed by atoms with Crippen molar-refractivity contribution in [1.82, 2.24) is 5.32 Å². The van der Waals surface area contributed by atoms with E-state index in [1.54, 1.807) is 13.0 Å². The molecule has 0 unspecified atom stereocenters. The first kappa shape index (κ1) is 16.8. The van der Waals surface area contributed by atoms with Gasteiger partial charge in [0.05, 0.1) is 6.07 Å². The zero-order chi connectivity index (χ0) is 15.8. The van der Waals surface area contributed by atoms with Crippen molar-refractivity contribution < 1.29 is 18.7 Å². The number of ketones is 1. The third kappa shape index (κ3) is 4.65. The predicted octanol–water partition coefficient (Wildman–Crippen LogP) is 1.61. The van der Waals surface area contributed by atoms with Gasteiger partial charge in [-0.1, -0.05) is 12.1 Å². The molecule has 0 aromatic heterocycles. The molecular formula is C15H17FN2O3. The molecule has 0 bridgehead atoms. The van der Waals surface area contributed by atoms with Gasteiger partial charge in [-0.25, -0.2) is 4.39 Å². The Balaban J connectivity index is 2.75. The normalized spacial score (nSPS) is 11.5. The molecular weight excluding hydrogens is 275 g/mol. The number of nitrogens with one attached hydrogen (secondary N) is 1. The van der Waals surface area contributed by atoms with E-state index in [2.05, 4.69) is 5.32 Å². The van der Waals surface area contributed by atoms with Crippen molar-refractivity contribution in [1.29, 1.82) is 5.26 Å². The fourth-order valence-electron chi connectivity index (χ4n) is 1.68. The number of Topliss-reactive ketones (excluding diaryl/α,β-unsaturated/α-hetero) is 1. The number of ether oxygens (including phenoxy) is 1. The lowest BCUT2D eigenvalue weighted by molar-refractivity contribution is -0.122. The summed E-state index contributed by atoms with van der Waals surface area (Å²) in [6.07, 6.45) is 0.577. The van der Waals surface area contributed by atoms with E-state index in [-0.39, 0.29) is 5.56 Å². The van der Waals surface area contributed by atoms with E-state index in [1.165, 1.54) is 19.2 Å². The van der Waals surface area contributed by atoms with Crippen molar-refractivity contribution in [2.24, 2.45) is 5.92 Å². The minimum absolute atomic E-state index is 0.0108. The number of aryl methyl sites for hydroxylation is 1. The molecule has 0 fully saturated rings. The molecule has 21 heavy (non-hydrogen) atoms. The second kappa shape index (κ2) is 8.12. The summed E-state index contributed by atoms with van der Waals surface area (Å²) < 4.78 is 18.3. The highest BCUT2D eigenvalue weighted by Crippen LogP contribution is 2.13. The third-order valence-electron chi connectivity index (χ3n) is 2.93. The van der Waals surface area contributed by atoms with Crippen LogP contribution in [-0.2, 0) is 9.53 Å². The summed E-state index contributed by atoms with van der Waals surface area (Å²) in [4.78, 5) is 23.9. The molecule has 0 aliphatic heterocycles. The highest BCUT2D eigenvalue weighted by Gasteiger charge is 2.27. The molecule has 0 aliphatic rings. The molecule has 1 aromatic rings. The summed E-state index contributed by atoms with van der Waals surface area (Å²) >= 11 is 0. The maximum Gasteiger partial charge on any atom is 0.245 e. The summed E-state index contributed by atoms with van der Waals surface area (Å²) in [5.41, 5.74) is 0.403. The Morgan fingerprint density at radius 1 is 1.48 bits per heavy atom. The summed E-state index contributed by atoms with van der Waals surface area (Å²) in [6.45, 7) is 2.34. The Labute approximate surface area is 122 Å². The van der Waals surface area contributed by atoms with Gasteiger partial charge >= 0.3 is 0 Å². The van der Waals surface area contributed by atoms with Crippen molar-refractivity contribution >= 4 is 11.7 Å². The first-order valence-electron chi connectivity index (χ1n) is 6.48. The van der Waals surface area contributed by atoms with E-state index >= 15 is 0 Å². The van der Waals surface area contributed by atoms with E-state index in [4.69, 9.17) is 10.00 Å². The van der Waals surface area contributed by atoms with Crippen LogP contribution in [0, 0.1) is 30.0 Å². The molecule has 1 atom stereocenters. The Morgan fingerprint density at radius 3 is 2.76 bits per heavy atom. The third-order valence-corrected chi connectivity index (χ3v) is 2.93. The topological polar surface area (TPSA) is 79.2 Å². The SMILES string of the molecule is COCCCNC(=O)[C@@H](C#N)C(=O)c1ccc(C)c(F)c1. The summed E-state index contributed by atoms with van der Waals surface area (Å²) in [6, 6.07) is 5.55. The van der Waals surface area contributed by atoms with Crippen LogP contribution in [0.2, 0.25) is 0 Å². The number of nitriles is 1. The molecule has 5 nitrogen and oxygen atoms in total. The molecule has 6 heteroatoms. The lowest BCUT2D eigenvalue weighted by Gasteiger charge is -2.10. The Morgan fingerprint density at radius 2 is 2.19 bits per heavy atom. The van der Waals surface area contributed by atoms with Gasteiger partial charge in [0.15, 0.2) is 11.7 Å². The molecule has 1 N–H and O–H groups in total. The van der Waals surface area contributed by atoms with E-state index < -0.39 is 23.4 Å². The monoisotopic (exact) mass is 292 g/mol. The number of carbonyl (C=O) groups excluding carboxylic acids is 2. The molecule has 0 saturated carbocycles. The largest absolute Gasteiger partial charge is 0.385 e. The lowest BCUT2D eigenvalue weighted by Crippen LogP contribution is -2.35. The number of rotatable bonds is 7. The number of carbonyl (C=O) groups is 2. The fraction of sp³-hybridized carbons (Fsp3) is 0.400. The van der Waals surface area contributed by atoms with Crippen LogP contribution in [0.25, 0.3) is 0 Å². The first-order chi connectivity index (χ1) is 10.0. The van der Waals surface area contributed by atoms with Crippen molar-refractivity contribution in [3.05, 3.63) is 35.1 Å². The number of nitrogens with zero attached hydrogens (tertiary/aromatic N) is 1. The molecule has 1 rings (SSSR count). The number of halogens is 1. The highest BCUT2D eigenvalue weighted by atomic mass is 19.1. The van der Waals surface area contributed by atoms with Gasteiger partial charge in [-0.05, 0) is 25.0 Å². The fourth-order valence-corrected chi connectivity index (χ4v) is 1.68. The van der Waals surface area contributed by atoms with Crippen LogP contribution in [-0.4, -0.2) is 32.0 Å². The molecule has 0 aliphatic carbocycles. The van der Waals surface area contributed by atoms with Crippen LogP contribution in [0.15, 0.2) is 18.2 Å². The van der Waals surface area contributed by atoms with Crippen molar-refractivity contribution in [2.45, 2.75) is 13.3 Å². The smallest absolute Gasteiger partial charge is 0.245 e. The van der Waals surface area contributed by atoms with Crippen molar-refractivity contribution in [2.75, 3.05) is 20.3 Å². The highest BCUT2D eigenvalue weighted by molar-refractivity contribution is 6.12. The molecule has 0 radical (unpaired) electrons. The zero-order valence-electron chi connectivity index (χ0n) is 12.0. The Kier molecular flexibility index (Phi) is 6.50. The van der Waals surface area contributed by atoms with Crippen LogP contribution in [0.4, 0.5) is 4.39 Å². The van der Waals surface area contributed by atoms with Crippen molar-refractivity contribution in [3.8, 4) is 6.07 Å². The molecule has 112 valence electrons. The number of hydrogen-bond acceptors (Lipinski definition) is 4.